The molecular weight excluding hydrogens is 243 g/mol. The summed E-state index contributed by atoms with van der Waals surface area (Å²) >= 11 is 0. The topological polar surface area (TPSA) is 97.8 Å². The lowest BCUT2D eigenvalue weighted by Gasteiger charge is -1.83. The number of primary amides is 1. The molecule has 2 aromatic rings. The fourth-order valence-electron chi connectivity index (χ4n) is 0.887. The number of rotatable bonds is 2. The molecule has 82 valence electrons. The van der Waals surface area contributed by atoms with Crippen molar-refractivity contribution < 1.29 is 9.21 Å². The van der Waals surface area contributed by atoms with Gasteiger partial charge in [-0.2, -0.15) is 5.10 Å². The monoisotopic (exact) mass is 250 g/mol. The highest BCUT2D eigenvalue weighted by atomic mass is 35.5. The van der Waals surface area contributed by atoms with Gasteiger partial charge in [0.25, 0.3) is 5.91 Å². The number of aromatic amines is 1. The first kappa shape index (κ1) is 13.5. The lowest BCUT2D eigenvalue weighted by molar-refractivity contribution is 0.0995. The smallest absolute Gasteiger partial charge is 0.270 e. The molecule has 3 N–H and O–H groups in total. The first-order chi connectivity index (χ1) is 6.27. The van der Waals surface area contributed by atoms with Gasteiger partial charge < -0.3 is 10.2 Å². The molecule has 0 atom stereocenters. The van der Waals surface area contributed by atoms with Crippen molar-refractivity contribution in [1.29, 1.82) is 0 Å². The summed E-state index contributed by atoms with van der Waals surface area (Å²) < 4.78 is 5.00. The Bertz CT molecular complexity index is 426. The third-order valence-corrected chi connectivity index (χ3v) is 1.50. The van der Waals surface area contributed by atoms with Crippen LogP contribution in [0.3, 0.4) is 0 Å². The van der Waals surface area contributed by atoms with E-state index in [1.54, 1.807) is 6.20 Å². The largest absolute Gasteiger partial charge is 0.444 e. The van der Waals surface area contributed by atoms with Crippen molar-refractivity contribution in [3.05, 3.63) is 24.4 Å². The molecule has 0 radical (unpaired) electrons. The Morgan fingerprint density at radius 3 is 2.67 bits per heavy atom. The molecule has 2 heterocycles. The quantitative estimate of drug-likeness (QED) is 0.831. The first-order valence-corrected chi connectivity index (χ1v) is 3.52. The average molecular weight is 251 g/mol. The van der Waals surface area contributed by atoms with Crippen LogP contribution in [-0.2, 0) is 0 Å². The minimum atomic E-state index is -0.613. The molecule has 0 saturated heterocycles. The molecule has 1 amide bonds. The molecule has 0 bridgehead atoms. The van der Waals surface area contributed by atoms with E-state index in [0.29, 0.717) is 11.5 Å². The van der Waals surface area contributed by atoms with Gasteiger partial charge in [-0.1, -0.05) is 0 Å². The molecule has 0 spiro atoms. The van der Waals surface area contributed by atoms with Crippen LogP contribution in [0.25, 0.3) is 11.5 Å². The van der Waals surface area contributed by atoms with Crippen LogP contribution in [0.2, 0.25) is 0 Å². The Labute approximate surface area is 97.1 Å². The number of carbonyl (C=O) groups excluding carboxylic acids is 1. The van der Waals surface area contributed by atoms with E-state index in [9.17, 15) is 4.79 Å². The lowest BCUT2D eigenvalue weighted by Crippen LogP contribution is -2.10. The number of hydrogen-bond donors (Lipinski definition) is 2. The van der Waals surface area contributed by atoms with Crippen LogP contribution in [0.5, 0.6) is 0 Å². The molecule has 0 unspecified atom stereocenters. The van der Waals surface area contributed by atoms with E-state index in [1.165, 1.54) is 12.5 Å². The van der Waals surface area contributed by atoms with Crippen LogP contribution in [0, 0.1) is 0 Å². The van der Waals surface area contributed by atoms with Gasteiger partial charge in [0.15, 0.2) is 5.69 Å². The van der Waals surface area contributed by atoms with E-state index in [4.69, 9.17) is 10.2 Å². The minimum absolute atomic E-state index is 0. The molecule has 0 fully saturated rings. The van der Waals surface area contributed by atoms with Gasteiger partial charge >= 0.3 is 0 Å². The van der Waals surface area contributed by atoms with Crippen molar-refractivity contribution in [1.82, 2.24) is 15.2 Å². The van der Waals surface area contributed by atoms with Gasteiger partial charge in [0.1, 0.15) is 6.26 Å². The number of carbonyl (C=O) groups is 1. The van der Waals surface area contributed by atoms with Crippen molar-refractivity contribution in [2.45, 2.75) is 0 Å². The van der Waals surface area contributed by atoms with Crippen molar-refractivity contribution in [2.24, 2.45) is 5.73 Å². The van der Waals surface area contributed by atoms with Gasteiger partial charge in [0, 0.05) is 6.20 Å². The number of nitrogens with two attached hydrogens (primary N) is 1. The average Bonchev–Trinajstić information content (AvgIpc) is 2.75. The molecule has 8 heteroatoms. The Hall–Kier alpha value is -1.53. The fourth-order valence-corrected chi connectivity index (χ4v) is 0.887. The number of hydrogen-bond acceptors (Lipinski definition) is 4. The minimum Gasteiger partial charge on any atom is -0.444 e. The second-order valence-electron chi connectivity index (χ2n) is 2.39. The van der Waals surface area contributed by atoms with E-state index >= 15 is 0 Å². The number of aromatic nitrogens is 3. The molecule has 15 heavy (non-hydrogen) atoms. The molecule has 6 nitrogen and oxygen atoms in total. The van der Waals surface area contributed by atoms with E-state index in [1.807, 2.05) is 0 Å². The Balaban J connectivity index is 0.000000980. The van der Waals surface area contributed by atoms with Gasteiger partial charge in [0.2, 0.25) is 5.89 Å². The Morgan fingerprint density at radius 2 is 2.20 bits per heavy atom. The molecule has 0 saturated carbocycles. The highest BCUT2D eigenvalue weighted by molar-refractivity contribution is 5.90. The summed E-state index contributed by atoms with van der Waals surface area (Å²) in [4.78, 5) is 14.5. The lowest BCUT2D eigenvalue weighted by atomic mass is 10.4. The number of H-pyrrole nitrogens is 1. The van der Waals surface area contributed by atoms with Crippen molar-refractivity contribution >= 4 is 30.7 Å². The van der Waals surface area contributed by atoms with E-state index in [2.05, 4.69) is 15.2 Å². The van der Waals surface area contributed by atoms with E-state index in [0.717, 1.165) is 0 Å². The maximum atomic E-state index is 10.7. The zero-order chi connectivity index (χ0) is 9.26. The zero-order valence-corrected chi connectivity index (χ0v) is 8.97. The third kappa shape index (κ3) is 2.71. The Kier molecular flexibility index (Phi) is 4.83. The molecule has 0 aliphatic carbocycles. The third-order valence-electron chi connectivity index (χ3n) is 1.50. The Morgan fingerprint density at radius 1 is 1.47 bits per heavy atom. The van der Waals surface area contributed by atoms with E-state index in [-0.39, 0.29) is 30.5 Å². The zero-order valence-electron chi connectivity index (χ0n) is 7.34. The van der Waals surface area contributed by atoms with Crippen LogP contribution in [0.4, 0.5) is 0 Å². The summed E-state index contributed by atoms with van der Waals surface area (Å²) in [6.07, 6.45) is 4.36. The summed E-state index contributed by atoms with van der Waals surface area (Å²) in [6, 6.07) is 0. The number of amides is 1. The van der Waals surface area contributed by atoms with Gasteiger partial charge in [-0.3, -0.25) is 9.89 Å². The molecular formula is C7H8Cl2N4O2. The predicted molar refractivity (Wildman–Crippen MR) is 57.1 cm³/mol. The molecule has 0 aliphatic rings. The first-order valence-electron chi connectivity index (χ1n) is 3.52. The fraction of sp³-hybridized carbons (Fsp3) is 0. The molecule has 2 rings (SSSR count). The predicted octanol–water partition coefficient (Wildman–Crippen LogP) is 1.01. The van der Waals surface area contributed by atoms with Gasteiger partial charge in [0.05, 0.1) is 11.8 Å². The number of halogens is 2. The highest BCUT2D eigenvalue weighted by Crippen LogP contribution is 2.15. The molecule has 2 aromatic heterocycles. The molecule has 0 aromatic carbocycles. The van der Waals surface area contributed by atoms with Crippen LogP contribution in [-0.4, -0.2) is 21.1 Å². The second-order valence-corrected chi connectivity index (χ2v) is 2.39. The second kappa shape index (κ2) is 5.38. The maximum Gasteiger partial charge on any atom is 0.270 e. The standard InChI is InChI=1S/C7H6N4O2.2ClH/c8-6(12)5-3-13-7(11-5)4-1-9-10-2-4;;/h1-3H,(H2,8,12)(H,9,10);2*1H. The van der Waals surface area contributed by atoms with Crippen LogP contribution in [0.1, 0.15) is 10.5 Å². The molecule has 0 aliphatic heterocycles. The van der Waals surface area contributed by atoms with Crippen LogP contribution in [0.15, 0.2) is 23.1 Å². The number of oxazole rings is 1. The van der Waals surface area contributed by atoms with Crippen molar-refractivity contribution in [2.75, 3.05) is 0 Å². The number of nitrogens with one attached hydrogen (secondary N) is 1. The van der Waals surface area contributed by atoms with E-state index < -0.39 is 5.91 Å². The van der Waals surface area contributed by atoms with Crippen molar-refractivity contribution in [3.8, 4) is 11.5 Å². The summed E-state index contributed by atoms with van der Waals surface area (Å²) in [6.45, 7) is 0. The van der Waals surface area contributed by atoms with Crippen LogP contribution >= 0.6 is 24.8 Å². The summed E-state index contributed by atoms with van der Waals surface area (Å²) in [5, 5.41) is 6.31. The summed E-state index contributed by atoms with van der Waals surface area (Å²) in [5.74, 6) is -0.291. The summed E-state index contributed by atoms with van der Waals surface area (Å²) in [7, 11) is 0. The van der Waals surface area contributed by atoms with Crippen LogP contribution < -0.4 is 5.73 Å². The number of nitrogens with zero attached hydrogens (tertiary/aromatic N) is 2. The SMILES string of the molecule is Cl.Cl.NC(=O)c1coc(-c2cn[nH]c2)n1. The van der Waals surface area contributed by atoms with Gasteiger partial charge in [-0.15, -0.1) is 24.8 Å². The summed E-state index contributed by atoms with van der Waals surface area (Å²) in [5.41, 5.74) is 5.78. The van der Waals surface area contributed by atoms with Gasteiger partial charge in [-0.25, -0.2) is 4.98 Å². The maximum absolute atomic E-state index is 10.7. The highest BCUT2D eigenvalue weighted by Gasteiger charge is 2.10. The van der Waals surface area contributed by atoms with Crippen molar-refractivity contribution in [3.63, 3.8) is 0 Å². The normalized spacial score (nSPS) is 8.80. The van der Waals surface area contributed by atoms with Gasteiger partial charge in [-0.05, 0) is 0 Å².